The molecule has 2 aromatic heterocycles. The molecule has 0 aliphatic rings. The summed E-state index contributed by atoms with van der Waals surface area (Å²) in [6, 6.07) is 9.25. The Morgan fingerprint density at radius 2 is 2.00 bits per heavy atom. The van der Waals surface area contributed by atoms with Gasteiger partial charge in [0, 0.05) is 15.5 Å². The maximum atomic E-state index is 6.25. The Hall–Kier alpha value is -1.49. The SMILES string of the molecule is Cc1ccc(-c2onc(N)c2-c2ccc(Cl)cc2Cl)s1. The van der Waals surface area contributed by atoms with Crippen LogP contribution in [-0.4, -0.2) is 5.16 Å². The van der Waals surface area contributed by atoms with E-state index in [-0.39, 0.29) is 0 Å². The zero-order valence-corrected chi connectivity index (χ0v) is 12.8. The van der Waals surface area contributed by atoms with E-state index in [9.17, 15) is 0 Å². The van der Waals surface area contributed by atoms with Crippen LogP contribution < -0.4 is 5.73 Å². The normalized spacial score (nSPS) is 10.9. The van der Waals surface area contributed by atoms with Crippen LogP contribution in [0.25, 0.3) is 21.8 Å². The van der Waals surface area contributed by atoms with Crippen LogP contribution in [0.15, 0.2) is 34.9 Å². The smallest absolute Gasteiger partial charge is 0.186 e. The number of anilines is 1. The van der Waals surface area contributed by atoms with Gasteiger partial charge in [-0.2, -0.15) is 0 Å². The molecule has 0 saturated carbocycles. The zero-order chi connectivity index (χ0) is 14.3. The van der Waals surface area contributed by atoms with Crippen molar-refractivity contribution in [2.24, 2.45) is 0 Å². The third kappa shape index (κ3) is 2.30. The molecule has 0 aliphatic carbocycles. The molecule has 0 spiro atoms. The first kappa shape index (κ1) is 13.5. The second-order valence-electron chi connectivity index (χ2n) is 4.31. The number of aryl methyl sites for hydroxylation is 1. The largest absolute Gasteiger partial charge is 0.380 e. The van der Waals surface area contributed by atoms with Crippen LogP contribution in [0, 0.1) is 6.92 Å². The molecular weight excluding hydrogens is 315 g/mol. The summed E-state index contributed by atoms with van der Waals surface area (Å²) in [4.78, 5) is 2.15. The van der Waals surface area contributed by atoms with Crippen molar-refractivity contribution in [2.45, 2.75) is 6.92 Å². The van der Waals surface area contributed by atoms with Gasteiger partial charge in [-0.3, -0.25) is 0 Å². The third-order valence-electron chi connectivity index (χ3n) is 2.88. The number of nitrogens with two attached hydrogens (primary N) is 1. The van der Waals surface area contributed by atoms with Gasteiger partial charge in [-0.05, 0) is 31.2 Å². The van der Waals surface area contributed by atoms with E-state index < -0.39 is 0 Å². The number of aromatic nitrogens is 1. The van der Waals surface area contributed by atoms with Crippen molar-refractivity contribution in [3.63, 3.8) is 0 Å². The van der Waals surface area contributed by atoms with Crippen molar-refractivity contribution in [3.8, 4) is 21.8 Å². The maximum Gasteiger partial charge on any atom is 0.186 e. The molecule has 0 radical (unpaired) electrons. The average molecular weight is 325 g/mol. The average Bonchev–Trinajstić information content (AvgIpc) is 2.96. The van der Waals surface area contributed by atoms with Crippen molar-refractivity contribution in [2.75, 3.05) is 5.73 Å². The molecule has 6 heteroatoms. The van der Waals surface area contributed by atoms with Crippen LogP contribution in [0.2, 0.25) is 10.0 Å². The molecule has 3 rings (SSSR count). The molecule has 3 aromatic rings. The van der Waals surface area contributed by atoms with Crippen LogP contribution in [0.5, 0.6) is 0 Å². The van der Waals surface area contributed by atoms with E-state index in [0.29, 0.717) is 27.2 Å². The monoisotopic (exact) mass is 324 g/mol. The predicted octanol–water partition coefficient (Wildman–Crippen LogP) is 5.27. The number of halogens is 2. The van der Waals surface area contributed by atoms with Gasteiger partial charge in [-0.15, -0.1) is 11.3 Å². The van der Waals surface area contributed by atoms with Gasteiger partial charge in [0.05, 0.1) is 15.5 Å². The van der Waals surface area contributed by atoms with Gasteiger partial charge >= 0.3 is 0 Å². The summed E-state index contributed by atoms with van der Waals surface area (Å²) in [6.45, 7) is 2.03. The van der Waals surface area contributed by atoms with Gasteiger partial charge < -0.3 is 10.3 Å². The molecule has 0 saturated heterocycles. The molecule has 102 valence electrons. The molecule has 2 heterocycles. The summed E-state index contributed by atoms with van der Waals surface area (Å²) in [6.07, 6.45) is 0. The minimum absolute atomic E-state index is 0.315. The summed E-state index contributed by atoms with van der Waals surface area (Å²) in [5.41, 5.74) is 7.40. The minimum Gasteiger partial charge on any atom is -0.380 e. The first-order valence-corrected chi connectivity index (χ1v) is 7.41. The Kier molecular flexibility index (Phi) is 3.46. The third-order valence-corrected chi connectivity index (χ3v) is 4.43. The van der Waals surface area contributed by atoms with Crippen LogP contribution in [0.3, 0.4) is 0 Å². The fourth-order valence-electron chi connectivity index (χ4n) is 1.98. The highest BCUT2D eigenvalue weighted by Gasteiger charge is 2.20. The summed E-state index contributed by atoms with van der Waals surface area (Å²) >= 11 is 13.8. The molecular formula is C14H10Cl2N2OS. The molecule has 2 N–H and O–H groups in total. The molecule has 0 aliphatic heterocycles. The minimum atomic E-state index is 0.315. The maximum absolute atomic E-state index is 6.25. The van der Waals surface area contributed by atoms with Gasteiger partial charge in [0.2, 0.25) is 0 Å². The highest BCUT2D eigenvalue weighted by atomic mass is 35.5. The summed E-state index contributed by atoms with van der Waals surface area (Å²) in [5, 5.41) is 4.95. The number of rotatable bonds is 2. The summed E-state index contributed by atoms with van der Waals surface area (Å²) in [5.74, 6) is 0.945. The van der Waals surface area contributed by atoms with E-state index in [1.54, 1.807) is 23.5 Å². The Morgan fingerprint density at radius 1 is 1.20 bits per heavy atom. The van der Waals surface area contributed by atoms with Crippen molar-refractivity contribution >= 4 is 40.4 Å². The lowest BCUT2D eigenvalue weighted by Gasteiger charge is -2.04. The van der Waals surface area contributed by atoms with E-state index in [1.807, 2.05) is 25.1 Å². The molecule has 3 nitrogen and oxygen atoms in total. The highest BCUT2D eigenvalue weighted by Crippen LogP contribution is 2.42. The fraction of sp³-hybridized carbons (Fsp3) is 0.0714. The summed E-state index contributed by atoms with van der Waals surface area (Å²) < 4.78 is 5.38. The molecule has 0 amide bonds. The second kappa shape index (κ2) is 5.13. The van der Waals surface area contributed by atoms with Crippen LogP contribution in [0.4, 0.5) is 5.82 Å². The van der Waals surface area contributed by atoms with Gasteiger partial charge in [-0.1, -0.05) is 34.4 Å². The number of nitrogen functional groups attached to an aromatic ring is 1. The highest BCUT2D eigenvalue weighted by molar-refractivity contribution is 7.15. The fourth-order valence-corrected chi connectivity index (χ4v) is 3.33. The number of hydrogen-bond acceptors (Lipinski definition) is 4. The second-order valence-corrected chi connectivity index (χ2v) is 6.44. The van der Waals surface area contributed by atoms with E-state index in [2.05, 4.69) is 5.16 Å². The van der Waals surface area contributed by atoms with E-state index in [4.69, 9.17) is 33.5 Å². The van der Waals surface area contributed by atoms with Gasteiger partial charge in [0.25, 0.3) is 0 Å². The van der Waals surface area contributed by atoms with Crippen molar-refractivity contribution in [1.29, 1.82) is 0 Å². The zero-order valence-electron chi connectivity index (χ0n) is 10.5. The molecule has 0 atom stereocenters. The lowest BCUT2D eigenvalue weighted by molar-refractivity contribution is 0.437. The van der Waals surface area contributed by atoms with Crippen LogP contribution in [-0.2, 0) is 0 Å². The molecule has 0 bridgehead atoms. The van der Waals surface area contributed by atoms with E-state index in [1.165, 1.54) is 4.88 Å². The Bertz CT molecular complexity index is 779. The summed E-state index contributed by atoms with van der Waals surface area (Å²) in [7, 11) is 0. The van der Waals surface area contributed by atoms with Crippen molar-refractivity contribution in [1.82, 2.24) is 5.16 Å². The van der Waals surface area contributed by atoms with Crippen molar-refractivity contribution in [3.05, 3.63) is 45.3 Å². The number of nitrogens with zero attached hydrogens (tertiary/aromatic N) is 1. The molecule has 0 fully saturated rings. The van der Waals surface area contributed by atoms with E-state index >= 15 is 0 Å². The van der Waals surface area contributed by atoms with Gasteiger partial charge in [0.1, 0.15) is 0 Å². The van der Waals surface area contributed by atoms with Crippen molar-refractivity contribution < 1.29 is 4.52 Å². The first-order valence-electron chi connectivity index (χ1n) is 5.83. The topological polar surface area (TPSA) is 52.0 Å². The number of benzene rings is 1. The van der Waals surface area contributed by atoms with Gasteiger partial charge in [-0.25, -0.2) is 0 Å². The molecule has 20 heavy (non-hydrogen) atoms. The predicted molar refractivity (Wildman–Crippen MR) is 84.4 cm³/mol. The van der Waals surface area contributed by atoms with Crippen LogP contribution in [0.1, 0.15) is 4.88 Å². The molecule has 0 unspecified atom stereocenters. The number of thiophene rings is 1. The Balaban J connectivity index is 2.21. The lowest BCUT2D eigenvalue weighted by Crippen LogP contribution is -1.89. The number of hydrogen-bond donors (Lipinski definition) is 1. The Labute approximate surface area is 129 Å². The Morgan fingerprint density at radius 3 is 2.65 bits per heavy atom. The first-order chi connectivity index (χ1) is 9.56. The van der Waals surface area contributed by atoms with Crippen LogP contribution >= 0.6 is 34.5 Å². The quantitative estimate of drug-likeness (QED) is 0.698. The standard InChI is InChI=1S/C14H10Cl2N2OS/c1-7-2-5-11(20-7)13-12(14(17)18-19-13)9-4-3-8(15)6-10(9)16/h2-6H,1H3,(H2,17,18). The van der Waals surface area contributed by atoms with Gasteiger partial charge in [0.15, 0.2) is 11.6 Å². The van der Waals surface area contributed by atoms with E-state index in [0.717, 1.165) is 10.4 Å². The molecule has 1 aromatic carbocycles. The lowest BCUT2D eigenvalue weighted by atomic mass is 10.1.